The lowest BCUT2D eigenvalue weighted by Crippen LogP contribution is -2.21. The standard InChI is InChI=1S/C16H27NO2/c1-3-8-17-11-16-14(7-9-18-16)12-19-15-6-4-5-13(2)10-15/h7,9,13,15,17H,3-6,8,10-12H2,1-2H3. The van der Waals surface area contributed by atoms with Crippen molar-refractivity contribution in [1.29, 1.82) is 0 Å². The Morgan fingerprint density at radius 1 is 1.42 bits per heavy atom. The van der Waals surface area contributed by atoms with Gasteiger partial charge in [-0.25, -0.2) is 0 Å². The van der Waals surface area contributed by atoms with Gasteiger partial charge in [-0.1, -0.05) is 26.7 Å². The third-order valence-electron chi connectivity index (χ3n) is 3.91. The van der Waals surface area contributed by atoms with E-state index in [4.69, 9.17) is 9.15 Å². The van der Waals surface area contributed by atoms with E-state index in [-0.39, 0.29) is 0 Å². The molecule has 2 unspecified atom stereocenters. The lowest BCUT2D eigenvalue weighted by molar-refractivity contribution is 0.00407. The van der Waals surface area contributed by atoms with Gasteiger partial charge in [0.05, 0.1) is 25.5 Å². The molecule has 1 fully saturated rings. The van der Waals surface area contributed by atoms with Crippen molar-refractivity contribution < 1.29 is 9.15 Å². The Bertz CT molecular complexity index is 361. The van der Waals surface area contributed by atoms with Crippen molar-refractivity contribution in [1.82, 2.24) is 5.32 Å². The second-order valence-corrected chi connectivity index (χ2v) is 5.75. The van der Waals surface area contributed by atoms with Crippen molar-refractivity contribution >= 4 is 0 Å². The molecule has 1 aliphatic carbocycles. The number of hydrogen-bond acceptors (Lipinski definition) is 3. The topological polar surface area (TPSA) is 34.4 Å². The first-order valence-corrected chi connectivity index (χ1v) is 7.67. The highest BCUT2D eigenvalue weighted by molar-refractivity contribution is 5.15. The maximum atomic E-state index is 6.06. The maximum Gasteiger partial charge on any atom is 0.123 e. The molecule has 1 aromatic rings. The average molecular weight is 265 g/mol. The van der Waals surface area contributed by atoms with Gasteiger partial charge in [-0.2, -0.15) is 0 Å². The van der Waals surface area contributed by atoms with E-state index < -0.39 is 0 Å². The molecule has 108 valence electrons. The fourth-order valence-corrected chi connectivity index (χ4v) is 2.77. The van der Waals surface area contributed by atoms with Crippen LogP contribution in [0.3, 0.4) is 0 Å². The van der Waals surface area contributed by atoms with Crippen LogP contribution >= 0.6 is 0 Å². The second kappa shape index (κ2) is 7.71. The average Bonchev–Trinajstić information content (AvgIpc) is 2.84. The lowest BCUT2D eigenvalue weighted by Gasteiger charge is -2.26. The summed E-state index contributed by atoms with van der Waals surface area (Å²) in [5.74, 6) is 1.84. The summed E-state index contributed by atoms with van der Waals surface area (Å²) in [7, 11) is 0. The second-order valence-electron chi connectivity index (χ2n) is 5.75. The minimum Gasteiger partial charge on any atom is -0.468 e. The molecule has 2 atom stereocenters. The van der Waals surface area contributed by atoms with Crippen molar-refractivity contribution in [3.63, 3.8) is 0 Å². The molecule has 0 radical (unpaired) electrons. The Labute approximate surface area is 116 Å². The summed E-state index contributed by atoms with van der Waals surface area (Å²) in [5.41, 5.74) is 1.20. The highest BCUT2D eigenvalue weighted by Crippen LogP contribution is 2.26. The first-order valence-electron chi connectivity index (χ1n) is 7.67. The fraction of sp³-hybridized carbons (Fsp3) is 0.750. The lowest BCUT2D eigenvalue weighted by atomic mass is 9.89. The summed E-state index contributed by atoms with van der Waals surface area (Å²) in [6.07, 6.45) is 8.44. The fourth-order valence-electron chi connectivity index (χ4n) is 2.77. The van der Waals surface area contributed by atoms with Crippen molar-refractivity contribution in [3.8, 4) is 0 Å². The van der Waals surface area contributed by atoms with Gasteiger partial charge in [0.25, 0.3) is 0 Å². The number of hydrogen-bond donors (Lipinski definition) is 1. The summed E-state index contributed by atoms with van der Waals surface area (Å²) in [6, 6.07) is 2.04. The van der Waals surface area contributed by atoms with E-state index in [1.54, 1.807) is 6.26 Å². The van der Waals surface area contributed by atoms with Crippen molar-refractivity contribution in [2.75, 3.05) is 6.54 Å². The maximum absolute atomic E-state index is 6.06. The van der Waals surface area contributed by atoms with Crippen molar-refractivity contribution in [3.05, 3.63) is 23.7 Å². The molecule has 0 spiro atoms. The van der Waals surface area contributed by atoms with Crippen LogP contribution in [0.2, 0.25) is 0 Å². The molecule has 0 amide bonds. The quantitative estimate of drug-likeness (QED) is 0.760. The smallest absolute Gasteiger partial charge is 0.123 e. The van der Waals surface area contributed by atoms with E-state index >= 15 is 0 Å². The predicted octanol–water partition coefficient (Wildman–Crippen LogP) is 3.87. The molecule has 1 aromatic heterocycles. The van der Waals surface area contributed by atoms with Gasteiger partial charge in [0.15, 0.2) is 0 Å². The van der Waals surface area contributed by atoms with E-state index in [2.05, 4.69) is 19.2 Å². The zero-order valence-electron chi connectivity index (χ0n) is 12.3. The molecule has 2 rings (SSSR count). The van der Waals surface area contributed by atoms with Gasteiger partial charge >= 0.3 is 0 Å². The van der Waals surface area contributed by atoms with E-state index in [1.165, 1.54) is 31.2 Å². The molecular formula is C16H27NO2. The number of nitrogens with one attached hydrogen (secondary N) is 1. The van der Waals surface area contributed by atoms with Crippen LogP contribution < -0.4 is 5.32 Å². The summed E-state index contributed by atoms with van der Waals surface area (Å²) >= 11 is 0. The molecule has 1 heterocycles. The number of ether oxygens (including phenoxy) is 1. The summed E-state index contributed by atoms with van der Waals surface area (Å²) in [6.45, 7) is 7.02. The van der Waals surface area contributed by atoms with E-state index in [0.717, 1.165) is 31.2 Å². The van der Waals surface area contributed by atoms with Gasteiger partial charge in [-0.05, 0) is 37.8 Å². The third-order valence-corrected chi connectivity index (χ3v) is 3.91. The zero-order chi connectivity index (χ0) is 13.5. The Hall–Kier alpha value is -0.800. The van der Waals surface area contributed by atoms with Crippen molar-refractivity contribution in [2.45, 2.75) is 65.2 Å². The number of rotatable bonds is 7. The molecule has 3 nitrogen and oxygen atoms in total. The van der Waals surface area contributed by atoms with E-state index in [1.807, 2.05) is 6.07 Å². The molecule has 1 aliphatic rings. The van der Waals surface area contributed by atoms with Crippen molar-refractivity contribution in [2.24, 2.45) is 5.92 Å². The van der Waals surface area contributed by atoms with Gasteiger partial charge in [0.1, 0.15) is 5.76 Å². The molecule has 0 saturated heterocycles. The molecule has 0 aliphatic heterocycles. The molecule has 0 aromatic carbocycles. The van der Waals surface area contributed by atoms with Crippen LogP contribution in [0.1, 0.15) is 57.3 Å². The Balaban J connectivity index is 1.77. The van der Waals surface area contributed by atoms with E-state index in [9.17, 15) is 0 Å². The van der Waals surface area contributed by atoms with Crippen LogP contribution in [-0.4, -0.2) is 12.6 Å². The van der Waals surface area contributed by atoms with Crippen LogP contribution in [0.4, 0.5) is 0 Å². The molecule has 0 bridgehead atoms. The molecular weight excluding hydrogens is 238 g/mol. The van der Waals surface area contributed by atoms with Gasteiger partial charge in [-0.15, -0.1) is 0 Å². The van der Waals surface area contributed by atoms with Crippen LogP contribution in [0, 0.1) is 5.92 Å². The van der Waals surface area contributed by atoms with Crippen LogP contribution in [0.5, 0.6) is 0 Å². The van der Waals surface area contributed by atoms with E-state index in [0.29, 0.717) is 12.7 Å². The first kappa shape index (κ1) is 14.6. The Morgan fingerprint density at radius 2 is 2.32 bits per heavy atom. The minimum absolute atomic E-state index is 0.440. The minimum atomic E-state index is 0.440. The molecule has 19 heavy (non-hydrogen) atoms. The Kier molecular flexibility index (Phi) is 5.93. The highest BCUT2D eigenvalue weighted by Gasteiger charge is 2.19. The van der Waals surface area contributed by atoms with Gasteiger partial charge in [0, 0.05) is 5.56 Å². The molecule has 3 heteroatoms. The predicted molar refractivity (Wildman–Crippen MR) is 76.9 cm³/mol. The normalized spacial score (nSPS) is 23.7. The van der Waals surface area contributed by atoms with Crippen LogP contribution in [-0.2, 0) is 17.9 Å². The highest BCUT2D eigenvalue weighted by atomic mass is 16.5. The zero-order valence-corrected chi connectivity index (χ0v) is 12.3. The molecule has 1 N–H and O–H groups in total. The first-order chi connectivity index (χ1) is 9.29. The third kappa shape index (κ3) is 4.66. The SMILES string of the molecule is CCCNCc1occc1COC1CCCC(C)C1. The number of furan rings is 1. The Morgan fingerprint density at radius 3 is 3.11 bits per heavy atom. The largest absolute Gasteiger partial charge is 0.468 e. The van der Waals surface area contributed by atoms with Gasteiger partial charge < -0.3 is 14.5 Å². The monoisotopic (exact) mass is 265 g/mol. The van der Waals surface area contributed by atoms with Gasteiger partial charge in [-0.3, -0.25) is 0 Å². The van der Waals surface area contributed by atoms with Gasteiger partial charge in [0.2, 0.25) is 0 Å². The summed E-state index contributed by atoms with van der Waals surface area (Å²) in [5, 5.41) is 3.37. The molecule has 1 saturated carbocycles. The summed E-state index contributed by atoms with van der Waals surface area (Å²) < 4.78 is 11.6. The van der Waals surface area contributed by atoms with Crippen LogP contribution in [0.25, 0.3) is 0 Å². The summed E-state index contributed by atoms with van der Waals surface area (Å²) in [4.78, 5) is 0. The van der Waals surface area contributed by atoms with Crippen LogP contribution in [0.15, 0.2) is 16.7 Å².